The van der Waals surface area contributed by atoms with Crippen LogP contribution in [0, 0.1) is 0 Å². The number of aliphatic hydroxyl groups excluding tert-OH is 1. The van der Waals surface area contributed by atoms with Crippen molar-refractivity contribution in [3.05, 3.63) is 4.88 Å². The molecule has 2 heterocycles. The molecule has 0 aromatic carbocycles. The highest BCUT2D eigenvalue weighted by Crippen LogP contribution is 2.30. The summed E-state index contributed by atoms with van der Waals surface area (Å²) in [5.41, 5.74) is 5.83. The number of hydrogen-bond acceptors (Lipinski definition) is 6. The maximum Gasteiger partial charge on any atom is 0.265 e. The summed E-state index contributed by atoms with van der Waals surface area (Å²) in [7, 11) is 0. The molecule has 2 rings (SSSR count). The van der Waals surface area contributed by atoms with Gasteiger partial charge in [-0.15, -0.1) is 0 Å². The van der Waals surface area contributed by atoms with Crippen LogP contribution in [0.4, 0.5) is 10.9 Å². The standard InChI is InChI=1S/C13H22N4O2S/c1-9(18)5-4-6-15-12(19)10-11(14)16-13(20-10)17-7-2-3-8-17/h9,18H,2-8,14H2,1H3,(H,15,19). The van der Waals surface area contributed by atoms with Gasteiger partial charge in [0.25, 0.3) is 5.91 Å². The summed E-state index contributed by atoms with van der Waals surface area (Å²) in [6, 6.07) is 0. The Hall–Kier alpha value is -1.34. The Balaban J connectivity index is 1.89. The first-order chi connectivity index (χ1) is 9.58. The summed E-state index contributed by atoms with van der Waals surface area (Å²) in [5, 5.41) is 12.8. The third kappa shape index (κ3) is 3.83. The van der Waals surface area contributed by atoms with Crippen molar-refractivity contribution in [2.24, 2.45) is 0 Å². The number of hydrogen-bond donors (Lipinski definition) is 3. The van der Waals surface area contributed by atoms with Gasteiger partial charge in [-0.1, -0.05) is 11.3 Å². The van der Waals surface area contributed by atoms with Crippen molar-refractivity contribution in [1.29, 1.82) is 0 Å². The second kappa shape index (κ2) is 6.90. The van der Waals surface area contributed by atoms with Gasteiger partial charge in [-0.05, 0) is 32.6 Å². The smallest absolute Gasteiger partial charge is 0.265 e. The normalized spacial score (nSPS) is 16.4. The summed E-state index contributed by atoms with van der Waals surface area (Å²) >= 11 is 1.36. The highest BCUT2D eigenvalue weighted by molar-refractivity contribution is 7.18. The molecule has 1 aliphatic rings. The molecule has 7 heteroatoms. The number of aliphatic hydroxyl groups is 1. The van der Waals surface area contributed by atoms with E-state index < -0.39 is 0 Å². The van der Waals surface area contributed by atoms with Gasteiger partial charge in [-0.25, -0.2) is 4.98 Å². The summed E-state index contributed by atoms with van der Waals surface area (Å²) in [6.45, 7) is 4.26. The molecule has 1 unspecified atom stereocenters. The van der Waals surface area contributed by atoms with Crippen molar-refractivity contribution in [3.63, 3.8) is 0 Å². The number of aromatic nitrogens is 1. The van der Waals surface area contributed by atoms with E-state index in [1.807, 2.05) is 0 Å². The first kappa shape index (κ1) is 15.1. The number of nitrogen functional groups attached to an aromatic ring is 1. The maximum atomic E-state index is 12.0. The summed E-state index contributed by atoms with van der Waals surface area (Å²) in [5.74, 6) is 0.140. The van der Waals surface area contributed by atoms with E-state index in [-0.39, 0.29) is 12.0 Å². The van der Waals surface area contributed by atoms with Crippen LogP contribution in [0.25, 0.3) is 0 Å². The van der Waals surface area contributed by atoms with Crippen LogP contribution in [0.5, 0.6) is 0 Å². The van der Waals surface area contributed by atoms with Crippen LogP contribution in [-0.2, 0) is 0 Å². The van der Waals surface area contributed by atoms with E-state index in [0.717, 1.165) is 24.6 Å². The van der Waals surface area contributed by atoms with Crippen molar-refractivity contribution in [2.75, 3.05) is 30.3 Å². The lowest BCUT2D eigenvalue weighted by Gasteiger charge is -2.11. The minimum Gasteiger partial charge on any atom is -0.393 e. The number of nitrogens with two attached hydrogens (primary N) is 1. The van der Waals surface area contributed by atoms with Gasteiger partial charge in [0.1, 0.15) is 10.7 Å². The second-order valence-electron chi connectivity index (χ2n) is 5.15. The van der Waals surface area contributed by atoms with Gasteiger partial charge in [-0.2, -0.15) is 0 Å². The highest BCUT2D eigenvalue weighted by Gasteiger charge is 2.21. The van der Waals surface area contributed by atoms with Crippen LogP contribution < -0.4 is 16.0 Å². The van der Waals surface area contributed by atoms with Gasteiger partial charge < -0.3 is 21.1 Å². The van der Waals surface area contributed by atoms with Crippen LogP contribution in [0.3, 0.4) is 0 Å². The summed E-state index contributed by atoms with van der Waals surface area (Å²) in [6.07, 6.45) is 3.43. The fraction of sp³-hybridized carbons (Fsp3) is 0.692. The van der Waals surface area contributed by atoms with Gasteiger partial charge >= 0.3 is 0 Å². The number of rotatable bonds is 6. The van der Waals surface area contributed by atoms with Crippen LogP contribution in [0.2, 0.25) is 0 Å². The zero-order valence-corrected chi connectivity index (χ0v) is 12.6. The van der Waals surface area contributed by atoms with E-state index in [2.05, 4.69) is 15.2 Å². The molecule has 1 aromatic heterocycles. The largest absolute Gasteiger partial charge is 0.393 e. The van der Waals surface area contributed by atoms with Crippen LogP contribution in [-0.4, -0.2) is 41.7 Å². The number of carbonyl (C=O) groups is 1. The molecule has 0 bridgehead atoms. The first-order valence-corrected chi connectivity index (χ1v) is 7.87. The van der Waals surface area contributed by atoms with E-state index >= 15 is 0 Å². The molecular formula is C13H22N4O2S. The van der Waals surface area contributed by atoms with Crippen molar-refractivity contribution in [1.82, 2.24) is 10.3 Å². The average Bonchev–Trinajstić information content (AvgIpc) is 3.02. The van der Waals surface area contributed by atoms with Gasteiger partial charge in [-0.3, -0.25) is 4.79 Å². The van der Waals surface area contributed by atoms with E-state index in [4.69, 9.17) is 10.8 Å². The van der Waals surface area contributed by atoms with Crippen molar-refractivity contribution in [2.45, 2.75) is 38.7 Å². The van der Waals surface area contributed by atoms with Crippen LogP contribution in [0.15, 0.2) is 0 Å². The van der Waals surface area contributed by atoms with Crippen LogP contribution >= 0.6 is 11.3 Å². The van der Waals surface area contributed by atoms with E-state index in [9.17, 15) is 4.79 Å². The maximum absolute atomic E-state index is 12.0. The minimum absolute atomic E-state index is 0.170. The zero-order valence-electron chi connectivity index (χ0n) is 11.8. The molecular weight excluding hydrogens is 276 g/mol. The minimum atomic E-state index is -0.331. The Labute approximate surface area is 123 Å². The third-order valence-corrected chi connectivity index (χ3v) is 4.44. The molecule has 0 spiro atoms. The number of nitrogens with one attached hydrogen (secondary N) is 1. The monoisotopic (exact) mass is 298 g/mol. The molecule has 1 aliphatic heterocycles. The fourth-order valence-corrected chi connectivity index (χ4v) is 3.16. The van der Waals surface area contributed by atoms with E-state index in [0.29, 0.717) is 23.7 Å². The van der Waals surface area contributed by atoms with Gasteiger partial charge in [0, 0.05) is 19.6 Å². The Morgan fingerprint density at radius 3 is 2.90 bits per heavy atom. The molecule has 112 valence electrons. The number of nitrogens with zero attached hydrogens (tertiary/aromatic N) is 2. The van der Waals surface area contributed by atoms with Crippen molar-refractivity contribution >= 4 is 28.2 Å². The quantitative estimate of drug-likeness (QED) is 0.687. The molecule has 1 amide bonds. The van der Waals surface area contributed by atoms with E-state index in [1.165, 1.54) is 24.2 Å². The van der Waals surface area contributed by atoms with Gasteiger partial charge in [0.05, 0.1) is 6.10 Å². The third-order valence-electron chi connectivity index (χ3n) is 3.31. The molecule has 1 saturated heterocycles. The Kier molecular flexibility index (Phi) is 5.19. The molecule has 1 atom stereocenters. The molecule has 0 aliphatic carbocycles. The predicted molar refractivity (Wildman–Crippen MR) is 81.2 cm³/mol. The Morgan fingerprint density at radius 1 is 1.55 bits per heavy atom. The van der Waals surface area contributed by atoms with Crippen molar-refractivity contribution in [3.8, 4) is 0 Å². The number of anilines is 2. The number of amides is 1. The number of thiazole rings is 1. The Morgan fingerprint density at radius 2 is 2.25 bits per heavy atom. The lowest BCUT2D eigenvalue weighted by molar-refractivity contribution is 0.0954. The fourth-order valence-electron chi connectivity index (χ4n) is 2.21. The summed E-state index contributed by atoms with van der Waals surface area (Å²) < 4.78 is 0. The molecule has 6 nitrogen and oxygen atoms in total. The Bertz CT molecular complexity index is 455. The summed E-state index contributed by atoms with van der Waals surface area (Å²) in [4.78, 5) is 19.0. The molecule has 4 N–H and O–H groups in total. The van der Waals surface area contributed by atoms with Crippen LogP contribution in [0.1, 0.15) is 42.3 Å². The zero-order chi connectivity index (χ0) is 14.5. The molecule has 0 saturated carbocycles. The highest BCUT2D eigenvalue weighted by atomic mass is 32.1. The van der Waals surface area contributed by atoms with E-state index in [1.54, 1.807) is 6.92 Å². The van der Waals surface area contributed by atoms with Gasteiger partial charge in [0.15, 0.2) is 5.13 Å². The lowest BCUT2D eigenvalue weighted by Crippen LogP contribution is -2.25. The molecule has 1 aromatic rings. The molecule has 20 heavy (non-hydrogen) atoms. The van der Waals surface area contributed by atoms with Crippen molar-refractivity contribution < 1.29 is 9.90 Å². The van der Waals surface area contributed by atoms with Gasteiger partial charge in [0.2, 0.25) is 0 Å². The first-order valence-electron chi connectivity index (χ1n) is 7.05. The SMILES string of the molecule is CC(O)CCCNC(=O)c1sc(N2CCCC2)nc1N. The topological polar surface area (TPSA) is 91.5 Å². The average molecular weight is 298 g/mol. The number of carbonyl (C=O) groups excluding carboxylic acids is 1. The lowest BCUT2D eigenvalue weighted by atomic mass is 10.2. The molecule has 1 fully saturated rings. The predicted octanol–water partition coefficient (Wildman–Crippen LogP) is 1.22. The molecule has 0 radical (unpaired) electrons. The second-order valence-corrected chi connectivity index (χ2v) is 6.13.